The van der Waals surface area contributed by atoms with Crippen LogP contribution in [0.15, 0.2) is 30.3 Å². The Hall–Kier alpha value is -3.51. The first-order valence-electron chi connectivity index (χ1n) is 11.3. The van der Waals surface area contributed by atoms with Gasteiger partial charge in [0.05, 0.1) is 12.1 Å². The van der Waals surface area contributed by atoms with Gasteiger partial charge in [0, 0.05) is 13.0 Å². The monoisotopic (exact) mass is 492 g/mol. The molecule has 1 heterocycles. The minimum atomic E-state index is -1.65. The molecule has 1 aromatic rings. The van der Waals surface area contributed by atoms with E-state index in [-0.39, 0.29) is 12.8 Å². The lowest BCUT2D eigenvalue weighted by Gasteiger charge is -2.29. The zero-order chi connectivity index (χ0) is 26.1. The van der Waals surface area contributed by atoms with Crippen LogP contribution in [0.5, 0.6) is 0 Å². The standard InChI is InChI=1S/C23H32N4O8/c1-13(28)19(23(34)35)26-20(31)16(9-10-18(29)30)25-21(32)17-8-5-11-27(17)22(33)15(24)12-14-6-3-2-4-7-14/h2-4,6-7,13,15-17,19,28H,5,8-12,24H2,1H3,(H,25,32)(H,26,31)(H,29,30)(H,34,35). The number of hydrogen-bond acceptors (Lipinski definition) is 7. The summed E-state index contributed by atoms with van der Waals surface area (Å²) < 4.78 is 0. The van der Waals surface area contributed by atoms with Gasteiger partial charge in [-0.25, -0.2) is 4.79 Å². The van der Waals surface area contributed by atoms with Gasteiger partial charge in [0.15, 0.2) is 6.04 Å². The maximum Gasteiger partial charge on any atom is 0.328 e. The van der Waals surface area contributed by atoms with Crippen molar-refractivity contribution in [3.63, 3.8) is 0 Å². The molecule has 5 unspecified atom stereocenters. The van der Waals surface area contributed by atoms with E-state index in [1.807, 2.05) is 30.3 Å². The van der Waals surface area contributed by atoms with Crippen LogP contribution in [0, 0.1) is 0 Å². The molecular weight excluding hydrogens is 460 g/mol. The maximum atomic E-state index is 13.0. The molecule has 12 heteroatoms. The number of carbonyl (C=O) groups excluding carboxylic acids is 3. The van der Waals surface area contributed by atoms with Crippen LogP contribution in [0.2, 0.25) is 0 Å². The fraction of sp³-hybridized carbons (Fsp3) is 0.522. The highest BCUT2D eigenvalue weighted by Crippen LogP contribution is 2.20. The van der Waals surface area contributed by atoms with E-state index in [1.54, 1.807) is 0 Å². The van der Waals surface area contributed by atoms with E-state index in [9.17, 15) is 34.2 Å². The van der Waals surface area contributed by atoms with E-state index in [0.717, 1.165) is 5.56 Å². The summed E-state index contributed by atoms with van der Waals surface area (Å²) in [6.45, 7) is 1.47. The first-order chi connectivity index (χ1) is 16.5. The van der Waals surface area contributed by atoms with Gasteiger partial charge in [-0.3, -0.25) is 19.2 Å². The fourth-order valence-corrected chi connectivity index (χ4v) is 3.92. The number of likely N-dealkylation sites (tertiary alicyclic amines) is 1. The minimum Gasteiger partial charge on any atom is -0.481 e. The molecule has 1 saturated heterocycles. The molecular formula is C23H32N4O8. The van der Waals surface area contributed by atoms with Crippen LogP contribution in [-0.4, -0.2) is 86.7 Å². The van der Waals surface area contributed by atoms with Crippen LogP contribution in [0.1, 0.15) is 38.2 Å². The number of carbonyl (C=O) groups is 5. The number of nitrogens with two attached hydrogens (primary N) is 1. The second-order valence-electron chi connectivity index (χ2n) is 8.54. The summed E-state index contributed by atoms with van der Waals surface area (Å²) in [4.78, 5) is 62.3. The lowest BCUT2D eigenvalue weighted by molar-refractivity contribution is -0.146. The molecule has 0 radical (unpaired) electrons. The predicted molar refractivity (Wildman–Crippen MR) is 123 cm³/mol. The second-order valence-corrected chi connectivity index (χ2v) is 8.54. The molecule has 3 amide bonds. The van der Waals surface area contributed by atoms with Crippen LogP contribution >= 0.6 is 0 Å². The summed E-state index contributed by atoms with van der Waals surface area (Å²) in [7, 11) is 0. The Balaban J connectivity index is 2.10. The Morgan fingerprint density at radius 3 is 2.34 bits per heavy atom. The van der Waals surface area contributed by atoms with Gasteiger partial charge in [-0.15, -0.1) is 0 Å². The number of carboxylic acids is 2. The third-order valence-electron chi connectivity index (χ3n) is 5.78. The van der Waals surface area contributed by atoms with E-state index in [4.69, 9.17) is 10.8 Å². The zero-order valence-electron chi connectivity index (χ0n) is 19.4. The summed E-state index contributed by atoms with van der Waals surface area (Å²) in [6.07, 6.45) is -1.07. The van der Waals surface area contributed by atoms with Crippen LogP contribution in [0.4, 0.5) is 0 Å². The predicted octanol–water partition coefficient (Wildman–Crippen LogP) is -1.15. The van der Waals surface area contributed by atoms with Crippen LogP contribution < -0.4 is 16.4 Å². The molecule has 192 valence electrons. The van der Waals surface area contributed by atoms with Gasteiger partial charge in [-0.1, -0.05) is 30.3 Å². The number of hydrogen-bond donors (Lipinski definition) is 6. The Labute approximate surface area is 202 Å². The lowest BCUT2D eigenvalue weighted by atomic mass is 10.0. The Kier molecular flexibility index (Phi) is 10.2. The van der Waals surface area contributed by atoms with Crippen molar-refractivity contribution in [2.75, 3.05) is 6.54 Å². The van der Waals surface area contributed by atoms with Gasteiger partial charge >= 0.3 is 11.9 Å². The highest BCUT2D eigenvalue weighted by molar-refractivity contribution is 5.94. The molecule has 7 N–H and O–H groups in total. The third-order valence-corrected chi connectivity index (χ3v) is 5.78. The summed E-state index contributed by atoms with van der Waals surface area (Å²) in [6, 6.07) is 4.36. The first kappa shape index (κ1) is 27.7. The van der Waals surface area contributed by atoms with E-state index >= 15 is 0 Å². The number of aliphatic hydroxyl groups excluding tert-OH is 1. The van der Waals surface area contributed by atoms with E-state index in [2.05, 4.69) is 10.6 Å². The first-order valence-corrected chi connectivity index (χ1v) is 11.3. The number of aliphatic hydroxyl groups is 1. The van der Waals surface area contributed by atoms with Crippen molar-refractivity contribution in [3.8, 4) is 0 Å². The number of amides is 3. The maximum absolute atomic E-state index is 13.0. The molecule has 1 fully saturated rings. The summed E-state index contributed by atoms with van der Waals surface area (Å²) in [5.74, 6) is -4.75. The number of rotatable bonds is 12. The van der Waals surface area contributed by atoms with Gasteiger partial charge < -0.3 is 36.6 Å². The third kappa shape index (κ3) is 8.04. The van der Waals surface area contributed by atoms with Crippen molar-refractivity contribution in [2.45, 2.75) is 69.3 Å². The molecule has 5 atom stereocenters. The molecule has 0 spiro atoms. The summed E-state index contributed by atoms with van der Waals surface area (Å²) >= 11 is 0. The van der Waals surface area contributed by atoms with Crippen molar-refractivity contribution < 1.29 is 39.3 Å². The number of nitrogens with zero attached hydrogens (tertiary/aromatic N) is 1. The van der Waals surface area contributed by atoms with Gasteiger partial charge in [-0.2, -0.15) is 0 Å². The Morgan fingerprint density at radius 2 is 1.77 bits per heavy atom. The van der Waals surface area contributed by atoms with E-state index in [0.29, 0.717) is 19.4 Å². The van der Waals surface area contributed by atoms with E-state index < -0.39 is 66.4 Å². The molecule has 1 aliphatic heterocycles. The molecule has 0 aliphatic carbocycles. The molecule has 2 rings (SSSR count). The number of aliphatic carboxylic acids is 2. The average Bonchev–Trinajstić information content (AvgIpc) is 3.29. The van der Waals surface area contributed by atoms with Crippen LogP contribution in [-0.2, 0) is 30.4 Å². The molecule has 35 heavy (non-hydrogen) atoms. The molecule has 0 saturated carbocycles. The van der Waals surface area contributed by atoms with Gasteiger partial charge in [0.2, 0.25) is 17.7 Å². The lowest BCUT2D eigenvalue weighted by Crippen LogP contribution is -2.58. The number of benzene rings is 1. The van der Waals surface area contributed by atoms with Crippen molar-refractivity contribution in [2.24, 2.45) is 5.73 Å². The fourth-order valence-electron chi connectivity index (χ4n) is 3.92. The smallest absolute Gasteiger partial charge is 0.328 e. The summed E-state index contributed by atoms with van der Waals surface area (Å²) in [5.41, 5.74) is 6.97. The highest BCUT2D eigenvalue weighted by atomic mass is 16.4. The highest BCUT2D eigenvalue weighted by Gasteiger charge is 2.38. The SMILES string of the molecule is CC(O)C(NC(=O)C(CCC(=O)O)NC(=O)C1CCCN1C(=O)C(N)Cc1ccccc1)C(=O)O. The van der Waals surface area contributed by atoms with E-state index in [1.165, 1.54) is 11.8 Å². The molecule has 0 bridgehead atoms. The molecule has 12 nitrogen and oxygen atoms in total. The number of carboxylic acid groups (broad SMARTS) is 2. The quantitative estimate of drug-likeness (QED) is 0.208. The van der Waals surface area contributed by atoms with Crippen molar-refractivity contribution in [1.29, 1.82) is 0 Å². The summed E-state index contributed by atoms with van der Waals surface area (Å²) in [5, 5.41) is 32.4. The average molecular weight is 493 g/mol. The van der Waals surface area contributed by atoms with Crippen molar-refractivity contribution in [1.82, 2.24) is 15.5 Å². The largest absolute Gasteiger partial charge is 0.481 e. The topological polar surface area (TPSA) is 199 Å². The van der Waals surface area contributed by atoms with Gasteiger partial charge in [0.1, 0.15) is 12.1 Å². The molecule has 0 aromatic heterocycles. The van der Waals surface area contributed by atoms with Gasteiger partial charge in [0.25, 0.3) is 0 Å². The minimum absolute atomic E-state index is 0.282. The van der Waals surface area contributed by atoms with Crippen molar-refractivity contribution in [3.05, 3.63) is 35.9 Å². The van der Waals surface area contributed by atoms with Crippen LogP contribution in [0.3, 0.4) is 0 Å². The Bertz CT molecular complexity index is 923. The van der Waals surface area contributed by atoms with Gasteiger partial charge in [-0.05, 0) is 38.2 Å². The Morgan fingerprint density at radius 1 is 1.11 bits per heavy atom. The normalized spacial score (nSPS) is 18.7. The molecule has 1 aliphatic rings. The van der Waals surface area contributed by atoms with Crippen molar-refractivity contribution >= 4 is 29.7 Å². The number of nitrogens with one attached hydrogen (secondary N) is 2. The van der Waals surface area contributed by atoms with Crippen LogP contribution in [0.25, 0.3) is 0 Å². The zero-order valence-corrected chi connectivity index (χ0v) is 19.4. The second kappa shape index (κ2) is 12.8. The molecule has 1 aromatic carbocycles.